The number of carboxylic acids is 1. The van der Waals surface area contributed by atoms with Crippen LogP contribution in [0.1, 0.15) is 6.42 Å². The Hall–Kier alpha value is -1.32. The molecule has 0 spiro atoms. The first-order valence-corrected chi connectivity index (χ1v) is 2.93. The molecule has 1 aliphatic rings. The van der Waals surface area contributed by atoms with Gasteiger partial charge in [-0.05, 0) is 12.5 Å². The Balaban J connectivity index is 2.60. The van der Waals surface area contributed by atoms with Crippen LogP contribution in [-0.4, -0.2) is 17.3 Å². The van der Waals surface area contributed by atoms with Crippen molar-refractivity contribution in [3.63, 3.8) is 0 Å². The van der Waals surface area contributed by atoms with E-state index in [0.717, 1.165) is 0 Å². The van der Waals surface area contributed by atoms with Gasteiger partial charge < -0.3 is 10.8 Å². The minimum absolute atomic E-state index is 0.400. The number of rotatable bonds is 1. The fraction of sp³-hybridized carbons (Fsp3) is 0.333. The van der Waals surface area contributed by atoms with Crippen LogP contribution in [0.2, 0.25) is 0 Å². The van der Waals surface area contributed by atoms with Crippen LogP contribution in [0.25, 0.3) is 0 Å². The normalized spacial score (nSPS) is 24.0. The van der Waals surface area contributed by atoms with Gasteiger partial charge in [-0.2, -0.15) is 0 Å². The average molecular weight is 140 g/mol. The van der Waals surface area contributed by atoms with Crippen LogP contribution in [0.15, 0.2) is 16.9 Å². The number of nitrogens with two attached hydrogens (primary N) is 1. The summed E-state index contributed by atoms with van der Waals surface area (Å²) in [6.45, 7) is 0. The van der Waals surface area contributed by atoms with E-state index in [1.54, 1.807) is 6.08 Å². The number of aliphatic carboxylic acids is 1. The fourth-order valence-electron chi connectivity index (χ4n) is 0.702. The molecule has 0 fully saturated rings. The van der Waals surface area contributed by atoms with E-state index in [2.05, 4.69) is 4.99 Å². The molecule has 1 atom stereocenters. The number of carbonyl (C=O) groups is 1. The molecule has 0 bridgehead atoms. The summed E-state index contributed by atoms with van der Waals surface area (Å²) in [5.41, 5.74) is 5.27. The zero-order chi connectivity index (χ0) is 7.56. The van der Waals surface area contributed by atoms with E-state index in [9.17, 15) is 4.79 Å². The first-order valence-electron chi connectivity index (χ1n) is 2.93. The Bertz CT molecular complexity index is 208. The van der Waals surface area contributed by atoms with Crippen LogP contribution in [0.5, 0.6) is 0 Å². The van der Waals surface area contributed by atoms with Gasteiger partial charge in [0.1, 0.15) is 5.82 Å². The van der Waals surface area contributed by atoms with Gasteiger partial charge in [0.05, 0.1) is 5.92 Å². The topological polar surface area (TPSA) is 75.7 Å². The van der Waals surface area contributed by atoms with Gasteiger partial charge in [-0.1, -0.05) is 0 Å². The monoisotopic (exact) mass is 140 g/mol. The number of hydrogen-bond acceptors (Lipinski definition) is 3. The second-order valence-electron chi connectivity index (χ2n) is 2.09. The Morgan fingerprint density at radius 1 is 1.90 bits per heavy atom. The maximum absolute atomic E-state index is 10.3. The highest BCUT2D eigenvalue weighted by Gasteiger charge is 2.15. The molecular weight excluding hydrogens is 132 g/mol. The van der Waals surface area contributed by atoms with Crippen molar-refractivity contribution in [2.45, 2.75) is 6.42 Å². The third-order valence-electron chi connectivity index (χ3n) is 1.30. The number of nitrogens with zero attached hydrogens (tertiary/aromatic N) is 1. The maximum atomic E-state index is 10.3. The summed E-state index contributed by atoms with van der Waals surface area (Å²) >= 11 is 0. The maximum Gasteiger partial charge on any atom is 0.312 e. The van der Waals surface area contributed by atoms with Crippen LogP contribution < -0.4 is 5.73 Å². The molecule has 0 saturated heterocycles. The van der Waals surface area contributed by atoms with Crippen molar-refractivity contribution in [3.05, 3.63) is 11.9 Å². The molecule has 3 N–H and O–H groups in total. The van der Waals surface area contributed by atoms with Gasteiger partial charge in [-0.15, -0.1) is 0 Å². The SMILES string of the molecule is NC1=CCC(C(=O)O)C=N1. The minimum atomic E-state index is -0.854. The van der Waals surface area contributed by atoms with Crippen molar-refractivity contribution in [3.8, 4) is 0 Å². The smallest absolute Gasteiger partial charge is 0.312 e. The Kier molecular flexibility index (Phi) is 1.71. The minimum Gasteiger partial charge on any atom is -0.481 e. The highest BCUT2D eigenvalue weighted by atomic mass is 16.4. The lowest BCUT2D eigenvalue weighted by Crippen LogP contribution is -2.17. The lowest BCUT2D eigenvalue weighted by Gasteiger charge is -2.07. The van der Waals surface area contributed by atoms with Crippen molar-refractivity contribution in [2.24, 2.45) is 16.6 Å². The van der Waals surface area contributed by atoms with Gasteiger partial charge in [-0.25, -0.2) is 4.99 Å². The molecule has 0 aliphatic carbocycles. The van der Waals surface area contributed by atoms with Crippen molar-refractivity contribution < 1.29 is 9.90 Å². The molecule has 0 aromatic heterocycles. The zero-order valence-corrected chi connectivity index (χ0v) is 5.32. The van der Waals surface area contributed by atoms with E-state index in [0.29, 0.717) is 12.2 Å². The molecule has 4 heteroatoms. The molecule has 0 aromatic rings. The molecule has 1 heterocycles. The molecule has 1 rings (SSSR count). The Morgan fingerprint density at radius 3 is 3.00 bits per heavy atom. The zero-order valence-electron chi connectivity index (χ0n) is 5.32. The van der Waals surface area contributed by atoms with Gasteiger partial charge in [0, 0.05) is 6.21 Å². The van der Waals surface area contributed by atoms with Crippen molar-refractivity contribution in [1.29, 1.82) is 0 Å². The first-order chi connectivity index (χ1) is 4.70. The van der Waals surface area contributed by atoms with E-state index >= 15 is 0 Å². The van der Waals surface area contributed by atoms with E-state index in [-0.39, 0.29) is 0 Å². The molecule has 0 amide bonds. The fourth-order valence-corrected chi connectivity index (χ4v) is 0.702. The molecule has 0 saturated carbocycles. The van der Waals surface area contributed by atoms with Gasteiger partial charge in [0.25, 0.3) is 0 Å². The van der Waals surface area contributed by atoms with Crippen LogP contribution in [-0.2, 0) is 4.79 Å². The predicted octanol–water partition coefficient (Wildman–Crippen LogP) is -0.0382. The van der Waals surface area contributed by atoms with Gasteiger partial charge >= 0.3 is 5.97 Å². The number of allylic oxidation sites excluding steroid dienone is 1. The van der Waals surface area contributed by atoms with Gasteiger partial charge in [0.2, 0.25) is 0 Å². The summed E-state index contributed by atoms with van der Waals surface area (Å²) in [6, 6.07) is 0. The lowest BCUT2D eigenvalue weighted by molar-refractivity contribution is -0.139. The van der Waals surface area contributed by atoms with Crippen LogP contribution in [0.4, 0.5) is 0 Å². The second-order valence-corrected chi connectivity index (χ2v) is 2.09. The molecule has 0 aromatic carbocycles. The van der Waals surface area contributed by atoms with Crippen LogP contribution in [0, 0.1) is 5.92 Å². The predicted molar refractivity (Wildman–Crippen MR) is 36.5 cm³/mol. The largest absolute Gasteiger partial charge is 0.481 e. The Labute approximate surface area is 58.1 Å². The van der Waals surface area contributed by atoms with Crippen molar-refractivity contribution in [1.82, 2.24) is 0 Å². The summed E-state index contributed by atoms with van der Waals surface area (Å²) in [6.07, 6.45) is 3.42. The average Bonchev–Trinajstić information content (AvgIpc) is 1.88. The van der Waals surface area contributed by atoms with Crippen molar-refractivity contribution >= 4 is 12.2 Å². The van der Waals surface area contributed by atoms with E-state index in [1.165, 1.54) is 6.21 Å². The summed E-state index contributed by atoms with van der Waals surface area (Å²) < 4.78 is 0. The Morgan fingerprint density at radius 2 is 2.60 bits per heavy atom. The number of hydrogen-bond donors (Lipinski definition) is 2. The molecule has 1 unspecified atom stereocenters. The highest BCUT2D eigenvalue weighted by Crippen LogP contribution is 2.08. The molecular formula is C6H8N2O2. The standard InChI is InChI=1S/C6H8N2O2/c7-5-2-1-4(3-8-5)6(9)10/h2-4H,1,7H2,(H,9,10). The second kappa shape index (κ2) is 2.51. The third kappa shape index (κ3) is 1.34. The molecule has 1 aliphatic heterocycles. The summed E-state index contributed by atoms with van der Waals surface area (Å²) in [5.74, 6) is -0.947. The van der Waals surface area contributed by atoms with E-state index in [1.807, 2.05) is 0 Å². The molecule has 0 radical (unpaired) electrons. The van der Waals surface area contributed by atoms with Crippen LogP contribution in [0.3, 0.4) is 0 Å². The third-order valence-corrected chi connectivity index (χ3v) is 1.30. The molecule has 10 heavy (non-hydrogen) atoms. The summed E-state index contributed by atoms with van der Waals surface area (Å²) in [7, 11) is 0. The number of aliphatic imine (C=N–C) groups is 1. The molecule has 54 valence electrons. The highest BCUT2D eigenvalue weighted by molar-refractivity contribution is 5.89. The summed E-state index contributed by atoms with van der Waals surface area (Å²) in [5, 5.41) is 8.46. The van der Waals surface area contributed by atoms with Gasteiger partial charge in [0.15, 0.2) is 0 Å². The quantitative estimate of drug-likeness (QED) is 0.536. The van der Waals surface area contributed by atoms with E-state index in [4.69, 9.17) is 10.8 Å². The van der Waals surface area contributed by atoms with Crippen LogP contribution >= 0.6 is 0 Å². The molecule has 4 nitrogen and oxygen atoms in total. The lowest BCUT2D eigenvalue weighted by atomic mass is 10.1. The van der Waals surface area contributed by atoms with Gasteiger partial charge in [-0.3, -0.25) is 4.79 Å². The van der Waals surface area contributed by atoms with E-state index < -0.39 is 11.9 Å². The summed E-state index contributed by atoms with van der Waals surface area (Å²) in [4.78, 5) is 14.0. The van der Waals surface area contributed by atoms with Crippen molar-refractivity contribution in [2.75, 3.05) is 0 Å². The number of carboxylic acid groups (broad SMARTS) is 1. The first kappa shape index (κ1) is 6.80.